The van der Waals surface area contributed by atoms with Crippen molar-refractivity contribution < 1.29 is 13.2 Å². The van der Waals surface area contributed by atoms with E-state index in [0.29, 0.717) is 13.0 Å². The number of ether oxygens (including phenoxy) is 1. The van der Waals surface area contributed by atoms with Crippen molar-refractivity contribution in [3.05, 3.63) is 36.2 Å². The summed E-state index contributed by atoms with van der Waals surface area (Å²) in [5, 5.41) is 9.24. The predicted octanol–water partition coefficient (Wildman–Crippen LogP) is 2.28. The van der Waals surface area contributed by atoms with Gasteiger partial charge in [-0.25, -0.2) is 8.42 Å². The van der Waals surface area contributed by atoms with Crippen LogP contribution in [0.2, 0.25) is 0 Å². The molecule has 130 valence electrons. The Labute approximate surface area is 146 Å². The lowest BCUT2D eigenvalue weighted by Gasteiger charge is -2.08. The van der Waals surface area contributed by atoms with Crippen molar-refractivity contribution in [2.75, 3.05) is 23.9 Å². The normalized spacial score (nSPS) is 19.5. The Hall–Kier alpha value is -1.54. The first kappa shape index (κ1) is 17.3. The maximum Gasteiger partial charge on any atom is 0.190 e. The third-order valence-corrected chi connectivity index (χ3v) is 6.87. The Morgan fingerprint density at radius 3 is 2.79 bits per heavy atom. The lowest BCUT2D eigenvalue weighted by Crippen LogP contribution is -2.09. The lowest BCUT2D eigenvalue weighted by molar-refractivity contribution is 0.318. The molecule has 1 fully saturated rings. The second kappa shape index (κ2) is 7.57. The van der Waals surface area contributed by atoms with Crippen molar-refractivity contribution in [3.8, 4) is 5.75 Å². The van der Waals surface area contributed by atoms with Gasteiger partial charge in [-0.05, 0) is 25.0 Å². The number of thioether (sulfide) groups is 1. The van der Waals surface area contributed by atoms with Crippen LogP contribution in [0.3, 0.4) is 0 Å². The van der Waals surface area contributed by atoms with Crippen molar-refractivity contribution in [2.24, 2.45) is 7.05 Å². The summed E-state index contributed by atoms with van der Waals surface area (Å²) in [5.41, 5.74) is 0. The van der Waals surface area contributed by atoms with Gasteiger partial charge in [0.1, 0.15) is 11.6 Å². The van der Waals surface area contributed by atoms with Crippen LogP contribution in [0.5, 0.6) is 5.75 Å². The van der Waals surface area contributed by atoms with Crippen molar-refractivity contribution in [1.29, 1.82) is 0 Å². The van der Waals surface area contributed by atoms with Gasteiger partial charge in [0.25, 0.3) is 0 Å². The minimum atomic E-state index is -2.91. The fraction of sp³-hybridized carbons (Fsp3) is 0.500. The molecule has 0 amide bonds. The number of sulfone groups is 1. The number of para-hydroxylation sites is 1. The molecular formula is C16H21N3O3S2. The second-order valence-electron chi connectivity index (χ2n) is 5.86. The number of aromatic nitrogens is 3. The molecule has 24 heavy (non-hydrogen) atoms. The molecule has 2 aromatic rings. The number of hydrogen-bond acceptors (Lipinski definition) is 6. The molecule has 6 nitrogen and oxygen atoms in total. The second-order valence-corrected chi connectivity index (χ2v) is 9.15. The molecule has 1 aromatic heterocycles. The smallest absolute Gasteiger partial charge is 0.190 e. The summed E-state index contributed by atoms with van der Waals surface area (Å²) in [5.74, 6) is 2.95. The first-order valence-corrected chi connectivity index (χ1v) is 10.8. The zero-order valence-corrected chi connectivity index (χ0v) is 15.2. The molecule has 2 heterocycles. The van der Waals surface area contributed by atoms with E-state index in [-0.39, 0.29) is 17.4 Å². The van der Waals surface area contributed by atoms with Crippen LogP contribution in [0, 0.1) is 0 Å². The van der Waals surface area contributed by atoms with Crippen molar-refractivity contribution in [1.82, 2.24) is 14.8 Å². The third kappa shape index (κ3) is 4.30. The van der Waals surface area contributed by atoms with Crippen LogP contribution in [-0.2, 0) is 16.9 Å². The third-order valence-electron chi connectivity index (χ3n) is 4.00. The van der Waals surface area contributed by atoms with Crippen LogP contribution in [0.15, 0.2) is 35.5 Å². The summed E-state index contributed by atoms with van der Waals surface area (Å²) in [4.78, 5) is 0. The van der Waals surface area contributed by atoms with Gasteiger partial charge in [-0.15, -0.1) is 10.2 Å². The highest BCUT2D eigenvalue weighted by molar-refractivity contribution is 7.99. The number of rotatable bonds is 7. The van der Waals surface area contributed by atoms with Gasteiger partial charge >= 0.3 is 0 Å². The number of hydrogen-bond donors (Lipinski definition) is 0. The van der Waals surface area contributed by atoms with E-state index in [0.717, 1.165) is 28.9 Å². The summed E-state index contributed by atoms with van der Waals surface area (Å²) >= 11 is 1.62. The Balaban J connectivity index is 1.46. The molecule has 1 atom stereocenters. The molecule has 1 aromatic carbocycles. The van der Waals surface area contributed by atoms with E-state index in [4.69, 9.17) is 4.74 Å². The van der Waals surface area contributed by atoms with Gasteiger partial charge in [-0.1, -0.05) is 30.0 Å². The number of benzene rings is 1. The van der Waals surface area contributed by atoms with Gasteiger partial charge in [0.15, 0.2) is 15.0 Å². The predicted molar refractivity (Wildman–Crippen MR) is 94.3 cm³/mol. The SMILES string of the molecule is Cn1c(SCCCOc2ccccc2)nnc1C1CCS(=O)(=O)C1. The molecule has 0 aliphatic carbocycles. The Kier molecular flexibility index (Phi) is 5.45. The van der Waals surface area contributed by atoms with Gasteiger partial charge in [0.05, 0.1) is 18.1 Å². The van der Waals surface area contributed by atoms with E-state index in [1.54, 1.807) is 11.8 Å². The fourth-order valence-corrected chi connectivity index (χ4v) is 5.30. The molecule has 0 saturated carbocycles. The largest absolute Gasteiger partial charge is 0.494 e. The minimum absolute atomic E-state index is 0.0248. The minimum Gasteiger partial charge on any atom is -0.494 e. The standard InChI is InChI=1S/C16H21N3O3S2/c1-19-15(13-8-11-24(20,21)12-13)17-18-16(19)23-10-5-9-22-14-6-3-2-4-7-14/h2-4,6-7,13H,5,8-12H2,1H3. The van der Waals surface area contributed by atoms with Gasteiger partial charge in [-0.2, -0.15) is 0 Å². The molecule has 3 rings (SSSR count). The molecule has 1 saturated heterocycles. The zero-order chi connectivity index (χ0) is 17.0. The van der Waals surface area contributed by atoms with Crippen molar-refractivity contribution >= 4 is 21.6 Å². The lowest BCUT2D eigenvalue weighted by atomic mass is 10.1. The molecule has 8 heteroatoms. The van der Waals surface area contributed by atoms with Gasteiger partial charge in [-0.3, -0.25) is 0 Å². The van der Waals surface area contributed by atoms with E-state index in [2.05, 4.69) is 10.2 Å². The highest BCUT2D eigenvalue weighted by Gasteiger charge is 2.32. The Morgan fingerprint density at radius 1 is 1.29 bits per heavy atom. The zero-order valence-electron chi connectivity index (χ0n) is 13.6. The van der Waals surface area contributed by atoms with E-state index in [1.165, 1.54) is 0 Å². The fourth-order valence-electron chi connectivity index (χ4n) is 2.74. The van der Waals surface area contributed by atoms with E-state index in [9.17, 15) is 8.42 Å². The average molecular weight is 367 g/mol. The molecule has 1 aliphatic heterocycles. The Bertz CT molecular complexity index is 775. The molecule has 1 unspecified atom stereocenters. The summed E-state index contributed by atoms with van der Waals surface area (Å²) < 4.78 is 30.8. The number of nitrogens with zero attached hydrogens (tertiary/aromatic N) is 3. The summed E-state index contributed by atoms with van der Waals surface area (Å²) in [6.07, 6.45) is 1.55. The van der Waals surface area contributed by atoms with E-state index >= 15 is 0 Å². The van der Waals surface area contributed by atoms with Crippen LogP contribution in [0.1, 0.15) is 24.6 Å². The maximum atomic E-state index is 11.6. The first-order chi connectivity index (χ1) is 11.6. The van der Waals surface area contributed by atoms with Gasteiger partial charge < -0.3 is 9.30 Å². The highest BCUT2D eigenvalue weighted by Crippen LogP contribution is 2.29. The van der Waals surface area contributed by atoms with Crippen LogP contribution in [-0.4, -0.2) is 47.0 Å². The van der Waals surface area contributed by atoms with E-state index in [1.807, 2.05) is 41.9 Å². The summed E-state index contributed by atoms with van der Waals surface area (Å²) in [6.45, 7) is 0.655. The molecule has 0 radical (unpaired) electrons. The molecular weight excluding hydrogens is 346 g/mol. The van der Waals surface area contributed by atoms with Crippen LogP contribution in [0.4, 0.5) is 0 Å². The quantitative estimate of drug-likeness (QED) is 0.552. The van der Waals surface area contributed by atoms with Crippen molar-refractivity contribution in [3.63, 3.8) is 0 Å². The molecule has 0 N–H and O–H groups in total. The molecule has 1 aliphatic rings. The van der Waals surface area contributed by atoms with Crippen LogP contribution < -0.4 is 4.74 Å². The average Bonchev–Trinajstić information content (AvgIpc) is 3.10. The van der Waals surface area contributed by atoms with Gasteiger partial charge in [0.2, 0.25) is 0 Å². The van der Waals surface area contributed by atoms with Crippen LogP contribution >= 0.6 is 11.8 Å². The van der Waals surface area contributed by atoms with Gasteiger partial charge in [0, 0.05) is 18.7 Å². The van der Waals surface area contributed by atoms with E-state index < -0.39 is 9.84 Å². The first-order valence-electron chi connectivity index (χ1n) is 7.95. The monoisotopic (exact) mass is 367 g/mol. The topological polar surface area (TPSA) is 74.1 Å². The molecule has 0 spiro atoms. The van der Waals surface area contributed by atoms with Crippen molar-refractivity contribution in [2.45, 2.75) is 23.9 Å². The van der Waals surface area contributed by atoms with Crippen LogP contribution in [0.25, 0.3) is 0 Å². The maximum absolute atomic E-state index is 11.6. The summed E-state index contributed by atoms with van der Waals surface area (Å²) in [6, 6.07) is 9.75. The summed E-state index contributed by atoms with van der Waals surface area (Å²) in [7, 11) is -1.00. The molecule has 0 bridgehead atoms. The highest BCUT2D eigenvalue weighted by atomic mass is 32.2. The Morgan fingerprint density at radius 2 is 2.08 bits per heavy atom.